The van der Waals surface area contributed by atoms with Crippen LogP contribution in [0.4, 0.5) is 0 Å². The van der Waals surface area contributed by atoms with Gasteiger partial charge in [-0.25, -0.2) is 0 Å². The molecule has 3 nitrogen and oxygen atoms in total. The van der Waals surface area contributed by atoms with Gasteiger partial charge in [0.1, 0.15) is 5.76 Å². The van der Waals surface area contributed by atoms with Crippen LogP contribution in [0.15, 0.2) is 76.7 Å². The number of rotatable bonds is 6. The Hall–Kier alpha value is -2.59. The number of nitrogens with zero attached hydrogens (tertiary/aromatic N) is 1. The third-order valence-electron chi connectivity index (χ3n) is 3.39. The van der Waals surface area contributed by atoms with Gasteiger partial charge >= 0.3 is 0 Å². The van der Waals surface area contributed by atoms with E-state index in [2.05, 4.69) is 0 Å². The summed E-state index contributed by atoms with van der Waals surface area (Å²) in [7, 11) is 0. The van der Waals surface area contributed by atoms with Gasteiger partial charge < -0.3 is 9.32 Å². The standard InChI is InChI=1S/C19H17NO2S/c21-19(11-10-18-9-5-13-23-18)20(15-17-8-4-12-22-17)14-16-6-2-1-3-7-16/h1-13H,14-15H2. The topological polar surface area (TPSA) is 33.5 Å². The van der Waals surface area contributed by atoms with Gasteiger partial charge in [0.25, 0.3) is 0 Å². The number of hydrogen-bond donors (Lipinski definition) is 0. The third-order valence-corrected chi connectivity index (χ3v) is 4.23. The molecule has 1 aromatic carbocycles. The summed E-state index contributed by atoms with van der Waals surface area (Å²) >= 11 is 1.61. The van der Waals surface area contributed by atoms with E-state index in [1.807, 2.05) is 66.1 Å². The highest BCUT2D eigenvalue weighted by Crippen LogP contribution is 2.14. The summed E-state index contributed by atoms with van der Waals surface area (Å²) in [6.07, 6.45) is 5.10. The van der Waals surface area contributed by atoms with Crippen LogP contribution >= 0.6 is 11.3 Å². The zero-order chi connectivity index (χ0) is 15.9. The van der Waals surface area contributed by atoms with E-state index in [9.17, 15) is 4.79 Å². The average Bonchev–Trinajstić information content (AvgIpc) is 3.26. The number of carbonyl (C=O) groups is 1. The SMILES string of the molecule is O=C(C=Cc1cccs1)N(Cc1ccccc1)Cc1ccco1. The number of benzene rings is 1. The van der Waals surface area contributed by atoms with Gasteiger partial charge in [-0.1, -0.05) is 36.4 Å². The Morgan fingerprint density at radius 3 is 2.61 bits per heavy atom. The van der Waals surface area contributed by atoms with Crippen molar-refractivity contribution in [3.05, 3.63) is 88.5 Å². The fourth-order valence-electron chi connectivity index (χ4n) is 2.25. The van der Waals surface area contributed by atoms with Crippen LogP contribution in [0, 0.1) is 0 Å². The molecule has 0 spiro atoms. The maximum Gasteiger partial charge on any atom is 0.247 e. The van der Waals surface area contributed by atoms with E-state index in [-0.39, 0.29) is 5.91 Å². The van der Waals surface area contributed by atoms with Crippen molar-refractivity contribution in [3.63, 3.8) is 0 Å². The highest BCUT2D eigenvalue weighted by atomic mass is 32.1. The van der Waals surface area contributed by atoms with Crippen molar-refractivity contribution in [2.45, 2.75) is 13.1 Å². The zero-order valence-corrected chi connectivity index (χ0v) is 13.4. The molecule has 0 saturated heterocycles. The molecule has 1 amide bonds. The summed E-state index contributed by atoms with van der Waals surface area (Å²) in [4.78, 5) is 15.4. The molecule has 0 radical (unpaired) electrons. The molecule has 0 saturated carbocycles. The Balaban J connectivity index is 1.74. The Bertz CT molecular complexity index is 746. The van der Waals surface area contributed by atoms with Crippen molar-refractivity contribution in [2.24, 2.45) is 0 Å². The fourth-order valence-corrected chi connectivity index (χ4v) is 2.87. The summed E-state index contributed by atoms with van der Waals surface area (Å²) in [6.45, 7) is 1.00. The molecule has 0 aliphatic rings. The summed E-state index contributed by atoms with van der Waals surface area (Å²) in [5, 5.41) is 1.99. The molecule has 0 bridgehead atoms. The molecular weight excluding hydrogens is 306 g/mol. The van der Waals surface area contributed by atoms with Crippen molar-refractivity contribution in [1.29, 1.82) is 0 Å². The second-order valence-corrected chi connectivity index (χ2v) is 6.09. The number of carbonyl (C=O) groups excluding carboxylic acids is 1. The van der Waals surface area contributed by atoms with Gasteiger partial charge in [-0.15, -0.1) is 11.3 Å². The number of amides is 1. The van der Waals surface area contributed by atoms with Gasteiger partial charge in [0.05, 0.1) is 12.8 Å². The molecule has 0 unspecified atom stereocenters. The molecule has 0 fully saturated rings. The summed E-state index contributed by atoms with van der Waals surface area (Å²) in [5.41, 5.74) is 1.09. The minimum Gasteiger partial charge on any atom is -0.467 e. The molecular formula is C19H17NO2S. The van der Waals surface area contributed by atoms with Gasteiger partial charge in [0, 0.05) is 17.5 Å². The predicted octanol–water partition coefficient (Wildman–Crippen LogP) is 4.58. The van der Waals surface area contributed by atoms with E-state index < -0.39 is 0 Å². The van der Waals surface area contributed by atoms with Crippen LogP contribution in [0.3, 0.4) is 0 Å². The minimum atomic E-state index is -0.0290. The van der Waals surface area contributed by atoms with Crippen LogP contribution in [0.5, 0.6) is 0 Å². The predicted molar refractivity (Wildman–Crippen MR) is 92.8 cm³/mol. The molecule has 4 heteroatoms. The van der Waals surface area contributed by atoms with Crippen molar-refractivity contribution >= 4 is 23.3 Å². The average molecular weight is 323 g/mol. The smallest absolute Gasteiger partial charge is 0.247 e. The number of furan rings is 1. The van der Waals surface area contributed by atoms with Crippen molar-refractivity contribution in [1.82, 2.24) is 4.90 Å². The van der Waals surface area contributed by atoms with Gasteiger partial charge in [-0.05, 0) is 35.2 Å². The van der Waals surface area contributed by atoms with Crippen LogP contribution in [0.1, 0.15) is 16.2 Å². The van der Waals surface area contributed by atoms with Gasteiger partial charge in [-0.3, -0.25) is 4.79 Å². The van der Waals surface area contributed by atoms with Crippen LogP contribution in [0.2, 0.25) is 0 Å². The molecule has 0 atom stereocenters. The quantitative estimate of drug-likeness (QED) is 0.622. The Morgan fingerprint density at radius 2 is 1.91 bits per heavy atom. The van der Waals surface area contributed by atoms with Gasteiger partial charge in [-0.2, -0.15) is 0 Å². The molecule has 23 heavy (non-hydrogen) atoms. The second kappa shape index (κ2) is 7.61. The molecule has 3 rings (SSSR count). The second-order valence-electron chi connectivity index (χ2n) is 5.11. The third kappa shape index (κ3) is 4.44. The molecule has 116 valence electrons. The number of thiophene rings is 1. The van der Waals surface area contributed by atoms with E-state index in [0.29, 0.717) is 13.1 Å². The first-order valence-corrected chi connectivity index (χ1v) is 8.26. The summed E-state index contributed by atoms with van der Waals surface area (Å²) in [6, 6.07) is 17.6. The van der Waals surface area contributed by atoms with E-state index in [0.717, 1.165) is 16.2 Å². The molecule has 2 heterocycles. The van der Waals surface area contributed by atoms with Crippen molar-refractivity contribution < 1.29 is 9.21 Å². The van der Waals surface area contributed by atoms with Gasteiger partial charge in [0.15, 0.2) is 0 Å². The molecule has 2 aromatic heterocycles. The summed E-state index contributed by atoms with van der Waals surface area (Å²) < 4.78 is 5.39. The molecule has 3 aromatic rings. The van der Waals surface area contributed by atoms with Crippen LogP contribution in [-0.4, -0.2) is 10.8 Å². The lowest BCUT2D eigenvalue weighted by molar-refractivity contribution is -0.127. The lowest BCUT2D eigenvalue weighted by Crippen LogP contribution is -2.28. The Morgan fingerprint density at radius 1 is 1.04 bits per heavy atom. The van der Waals surface area contributed by atoms with E-state index in [4.69, 9.17) is 4.42 Å². The van der Waals surface area contributed by atoms with Crippen LogP contribution < -0.4 is 0 Å². The normalized spacial score (nSPS) is 11.0. The molecule has 0 N–H and O–H groups in total. The van der Waals surface area contributed by atoms with Crippen molar-refractivity contribution in [2.75, 3.05) is 0 Å². The van der Waals surface area contributed by atoms with Crippen LogP contribution in [0.25, 0.3) is 6.08 Å². The lowest BCUT2D eigenvalue weighted by Gasteiger charge is -2.20. The first-order chi connectivity index (χ1) is 11.3. The monoisotopic (exact) mass is 323 g/mol. The maximum atomic E-state index is 12.6. The van der Waals surface area contributed by atoms with Crippen LogP contribution in [-0.2, 0) is 17.9 Å². The Kier molecular flexibility index (Phi) is 5.06. The molecule has 0 aliphatic carbocycles. The van der Waals surface area contributed by atoms with Crippen molar-refractivity contribution in [3.8, 4) is 0 Å². The Labute approximate surface area is 139 Å². The highest BCUT2D eigenvalue weighted by Gasteiger charge is 2.13. The van der Waals surface area contributed by atoms with Gasteiger partial charge in [0.2, 0.25) is 5.91 Å². The maximum absolute atomic E-state index is 12.6. The minimum absolute atomic E-state index is 0.0290. The summed E-state index contributed by atoms with van der Waals surface area (Å²) in [5.74, 6) is 0.748. The van der Waals surface area contributed by atoms with E-state index in [1.54, 1.807) is 28.6 Å². The largest absolute Gasteiger partial charge is 0.467 e. The highest BCUT2D eigenvalue weighted by molar-refractivity contribution is 7.10. The molecule has 0 aliphatic heterocycles. The first kappa shape index (κ1) is 15.3. The number of hydrogen-bond acceptors (Lipinski definition) is 3. The fraction of sp³-hybridized carbons (Fsp3) is 0.105. The lowest BCUT2D eigenvalue weighted by atomic mass is 10.2. The van der Waals surface area contributed by atoms with E-state index >= 15 is 0 Å². The zero-order valence-electron chi connectivity index (χ0n) is 12.6. The first-order valence-electron chi connectivity index (χ1n) is 7.38. The van der Waals surface area contributed by atoms with E-state index in [1.165, 1.54) is 0 Å².